The predicted molar refractivity (Wildman–Crippen MR) is 85.3 cm³/mol. The maximum absolute atomic E-state index is 12.3. The smallest absolute Gasteiger partial charge is 0.255 e. The molecule has 0 bridgehead atoms. The molecule has 110 valence electrons. The van der Waals surface area contributed by atoms with E-state index in [1.54, 1.807) is 12.1 Å². The predicted octanol–water partition coefficient (Wildman–Crippen LogP) is 3.37. The van der Waals surface area contributed by atoms with Gasteiger partial charge >= 0.3 is 0 Å². The Kier molecular flexibility index (Phi) is 4.95. The Hall–Kier alpha value is -2.33. The van der Waals surface area contributed by atoms with Crippen molar-refractivity contribution in [3.8, 4) is 0 Å². The average Bonchev–Trinajstić information content (AvgIpc) is 2.49. The van der Waals surface area contributed by atoms with E-state index in [0.717, 1.165) is 16.8 Å². The molecule has 21 heavy (non-hydrogen) atoms. The molecule has 0 fully saturated rings. The van der Waals surface area contributed by atoms with E-state index in [4.69, 9.17) is 10.5 Å². The van der Waals surface area contributed by atoms with Crippen LogP contribution in [0, 0.1) is 6.92 Å². The van der Waals surface area contributed by atoms with Crippen LogP contribution in [-0.2, 0) is 11.3 Å². The first-order valence-corrected chi connectivity index (χ1v) is 6.95. The summed E-state index contributed by atoms with van der Waals surface area (Å²) in [6, 6.07) is 12.9. The summed E-state index contributed by atoms with van der Waals surface area (Å²) in [6.45, 7) is 4.96. The van der Waals surface area contributed by atoms with Gasteiger partial charge in [0.15, 0.2) is 0 Å². The minimum atomic E-state index is -0.175. The first-order chi connectivity index (χ1) is 10.1. The molecule has 0 aliphatic rings. The van der Waals surface area contributed by atoms with Gasteiger partial charge in [0.2, 0.25) is 0 Å². The van der Waals surface area contributed by atoms with Crippen LogP contribution in [0.15, 0.2) is 42.5 Å². The number of benzene rings is 2. The Morgan fingerprint density at radius 1 is 1.24 bits per heavy atom. The van der Waals surface area contributed by atoms with Crippen molar-refractivity contribution >= 4 is 17.3 Å². The lowest BCUT2D eigenvalue weighted by Gasteiger charge is -2.11. The molecule has 2 rings (SSSR count). The highest BCUT2D eigenvalue weighted by Crippen LogP contribution is 2.19. The molecule has 0 aliphatic carbocycles. The monoisotopic (exact) mass is 284 g/mol. The van der Waals surface area contributed by atoms with Crippen molar-refractivity contribution in [2.24, 2.45) is 0 Å². The topological polar surface area (TPSA) is 64.3 Å². The average molecular weight is 284 g/mol. The van der Waals surface area contributed by atoms with E-state index in [1.165, 1.54) is 0 Å². The highest BCUT2D eigenvalue weighted by atomic mass is 16.5. The fourth-order valence-corrected chi connectivity index (χ4v) is 1.96. The number of para-hydroxylation sites is 1. The van der Waals surface area contributed by atoms with Crippen LogP contribution >= 0.6 is 0 Å². The van der Waals surface area contributed by atoms with Crippen molar-refractivity contribution < 1.29 is 9.53 Å². The first-order valence-electron chi connectivity index (χ1n) is 6.95. The van der Waals surface area contributed by atoms with E-state index in [0.29, 0.717) is 24.5 Å². The Balaban J connectivity index is 2.17. The lowest BCUT2D eigenvalue weighted by atomic mass is 10.1. The lowest BCUT2D eigenvalue weighted by Crippen LogP contribution is -2.14. The number of ether oxygens (including phenoxy) is 1. The summed E-state index contributed by atoms with van der Waals surface area (Å²) in [7, 11) is 0. The second-order valence-corrected chi connectivity index (χ2v) is 4.82. The molecular formula is C17H20N2O2. The third-order valence-electron chi connectivity index (χ3n) is 3.27. The number of nitrogens with one attached hydrogen (secondary N) is 1. The summed E-state index contributed by atoms with van der Waals surface area (Å²) in [5.74, 6) is -0.175. The Morgan fingerprint density at radius 2 is 2.00 bits per heavy atom. The summed E-state index contributed by atoms with van der Waals surface area (Å²) < 4.78 is 5.41. The van der Waals surface area contributed by atoms with Crippen molar-refractivity contribution in [2.45, 2.75) is 20.5 Å². The second kappa shape index (κ2) is 6.90. The summed E-state index contributed by atoms with van der Waals surface area (Å²) in [5, 5.41) is 2.91. The zero-order valence-corrected chi connectivity index (χ0v) is 12.3. The van der Waals surface area contributed by atoms with Gasteiger partial charge in [-0.3, -0.25) is 4.79 Å². The van der Waals surface area contributed by atoms with Gasteiger partial charge in [0.25, 0.3) is 5.91 Å². The van der Waals surface area contributed by atoms with Crippen LogP contribution in [0.3, 0.4) is 0 Å². The number of aryl methyl sites for hydroxylation is 1. The van der Waals surface area contributed by atoms with Gasteiger partial charge < -0.3 is 15.8 Å². The number of nitrogens with two attached hydrogens (primary N) is 1. The van der Waals surface area contributed by atoms with Crippen LogP contribution in [0.5, 0.6) is 0 Å². The molecule has 0 unspecified atom stereocenters. The minimum absolute atomic E-state index is 0.175. The van der Waals surface area contributed by atoms with Crippen molar-refractivity contribution in [3.05, 3.63) is 59.2 Å². The number of carbonyl (C=O) groups is 1. The van der Waals surface area contributed by atoms with Gasteiger partial charge in [-0.25, -0.2) is 0 Å². The third kappa shape index (κ3) is 3.83. The van der Waals surface area contributed by atoms with Gasteiger partial charge in [0, 0.05) is 29.1 Å². The summed E-state index contributed by atoms with van der Waals surface area (Å²) in [6.07, 6.45) is 0. The number of hydrogen-bond acceptors (Lipinski definition) is 3. The molecule has 0 aromatic heterocycles. The van der Waals surface area contributed by atoms with E-state index in [9.17, 15) is 4.79 Å². The third-order valence-corrected chi connectivity index (χ3v) is 3.27. The van der Waals surface area contributed by atoms with Crippen LogP contribution in [-0.4, -0.2) is 12.5 Å². The molecule has 0 heterocycles. The molecule has 3 N–H and O–H groups in total. The van der Waals surface area contributed by atoms with Crippen LogP contribution in [0.25, 0.3) is 0 Å². The van der Waals surface area contributed by atoms with Gasteiger partial charge in [-0.05, 0) is 37.6 Å². The summed E-state index contributed by atoms with van der Waals surface area (Å²) in [5.41, 5.74) is 9.68. The number of hydrogen-bond donors (Lipinski definition) is 2. The highest BCUT2D eigenvalue weighted by molar-refractivity contribution is 6.05. The Bertz CT molecular complexity index is 638. The second-order valence-electron chi connectivity index (χ2n) is 4.82. The van der Waals surface area contributed by atoms with E-state index in [1.807, 2.05) is 44.2 Å². The maximum atomic E-state index is 12.3. The van der Waals surface area contributed by atoms with Gasteiger partial charge in [-0.1, -0.05) is 24.3 Å². The number of amides is 1. The van der Waals surface area contributed by atoms with Crippen molar-refractivity contribution in [1.82, 2.24) is 0 Å². The largest absolute Gasteiger partial charge is 0.398 e. The molecule has 4 heteroatoms. The van der Waals surface area contributed by atoms with Crippen molar-refractivity contribution in [3.63, 3.8) is 0 Å². The standard InChI is InChI=1S/C17H20N2O2/c1-3-21-11-14-6-4-5-7-16(14)19-17(20)13-9-8-12(2)15(18)10-13/h4-10H,3,11,18H2,1-2H3,(H,19,20). The van der Waals surface area contributed by atoms with Crippen LogP contribution in [0.1, 0.15) is 28.4 Å². The van der Waals surface area contributed by atoms with E-state index in [2.05, 4.69) is 5.32 Å². The zero-order valence-electron chi connectivity index (χ0n) is 12.3. The van der Waals surface area contributed by atoms with Crippen molar-refractivity contribution in [2.75, 3.05) is 17.7 Å². The Labute approximate surface area is 124 Å². The lowest BCUT2D eigenvalue weighted by molar-refractivity contribution is 0.102. The van der Waals surface area contributed by atoms with Gasteiger partial charge in [0.1, 0.15) is 0 Å². The van der Waals surface area contributed by atoms with E-state index < -0.39 is 0 Å². The van der Waals surface area contributed by atoms with Crippen LogP contribution in [0.2, 0.25) is 0 Å². The fourth-order valence-electron chi connectivity index (χ4n) is 1.96. The molecular weight excluding hydrogens is 264 g/mol. The molecule has 0 aliphatic heterocycles. The molecule has 2 aromatic carbocycles. The maximum Gasteiger partial charge on any atom is 0.255 e. The quantitative estimate of drug-likeness (QED) is 0.827. The molecule has 4 nitrogen and oxygen atoms in total. The number of nitrogen functional groups attached to an aromatic ring is 1. The highest BCUT2D eigenvalue weighted by Gasteiger charge is 2.10. The molecule has 0 saturated heterocycles. The number of carbonyl (C=O) groups excluding carboxylic acids is 1. The SMILES string of the molecule is CCOCc1ccccc1NC(=O)c1ccc(C)c(N)c1. The molecule has 0 atom stereocenters. The molecule has 0 saturated carbocycles. The molecule has 1 amide bonds. The fraction of sp³-hybridized carbons (Fsp3) is 0.235. The Morgan fingerprint density at radius 3 is 2.71 bits per heavy atom. The molecule has 0 spiro atoms. The first kappa shape index (κ1) is 15.1. The van der Waals surface area contributed by atoms with Gasteiger partial charge in [0.05, 0.1) is 6.61 Å². The number of rotatable bonds is 5. The van der Waals surface area contributed by atoms with Crippen LogP contribution < -0.4 is 11.1 Å². The minimum Gasteiger partial charge on any atom is -0.398 e. The normalized spacial score (nSPS) is 10.4. The molecule has 2 aromatic rings. The molecule has 0 radical (unpaired) electrons. The summed E-state index contributed by atoms with van der Waals surface area (Å²) >= 11 is 0. The van der Waals surface area contributed by atoms with E-state index in [-0.39, 0.29) is 5.91 Å². The van der Waals surface area contributed by atoms with Crippen molar-refractivity contribution in [1.29, 1.82) is 0 Å². The van der Waals surface area contributed by atoms with Crippen LogP contribution in [0.4, 0.5) is 11.4 Å². The summed E-state index contributed by atoms with van der Waals surface area (Å²) in [4.78, 5) is 12.3. The number of anilines is 2. The van der Waals surface area contributed by atoms with Gasteiger partial charge in [-0.15, -0.1) is 0 Å². The van der Waals surface area contributed by atoms with Gasteiger partial charge in [-0.2, -0.15) is 0 Å². The van der Waals surface area contributed by atoms with E-state index >= 15 is 0 Å². The zero-order chi connectivity index (χ0) is 15.2.